The molecule has 74 valence electrons. The van der Waals surface area contributed by atoms with Crippen LogP contribution in [0.4, 0.5) is 0 Å². The molecule has 0 spiro atoms. The van der Waals surface area contributed by atoms with Crippen molar-refractivity contribution < 1.29 is 9.90 Å². The average molecular weight is 191 g/mol. The Morgan fingerprint density at radius 1 is 1.50 bits per heavy atom. The van der Waals surface area contributed by atoms with Gasteiger partial charge in [0.2, 0.25) is 0 Å². The second-order valence-electron chi connectivity index (χ2n) is 3.94. The molecule has 0 bridgehead atoms. The lowest BCUT2D eigenvalue weighted by atomic mass is 10.1. The first-order valence-corrected chi connectivity index (χ1v) is 4.69. The minimum absolute atomic E-state index is 0.0994. The molecule has 1 aliphatic rings. The van der Waals surface area contributed by atoms with E-state index in [9.17, 15) is 4.79 Å². The van der Waals surface area contributed by atoms with Gasteiger partial charge in [0, 0.05) is 0 Å². The van der Waals surface area contributed by atoms with Crippen LogP contribution < -0.4 is 5.73 Å². The number of hydrogen-bond acceptors (Lipinski definition) is 2. The zero-order valence-corrected chi connectivity index (χ0v) is 7.81. The maximum atomic E-state index is 10.8. The van der Waals surface area contributed by atoms with E-state index in [1.165, 1.54) is 0 Å². The third kappa shape index (κ3) is 1.51. The van der Waals surface area contributed by atoms with Gasteiger partial charge in [-0.15, -0.1) is 0 Å². The maximum Gasteiger partial charge on any atom is 0.323 e. The normalized spacial score (nSPS) is 29.9. The van der Waals surface area contributed by atoms with Crippen LogP contribution in [0.25, 0.3) is 0 Å². The van der Waals surface area contributed by atoms with Crippen molar-refractivity contribution in [3.05, 3.63) is 35.9 Å². The van der Waals surface area contributed by atoms with Crippen LogP contribution in [0.15, 0.2) is 30.3 Å². The topological polar surface area (TPSA) is 63.3 Å². The molecule has 3 nitrogen and oxygen atoms in total. The fraction of sp³-hybridized carbons (Fsp3) is 0.364. The van der Waals surface area contributed by atoms with Crippen molar-refractivity contribution in [3.63, 3.8) is 0 Å². The Labute approximate surface area is 82.5 Å². The summed E-state index contributed by atoms with van der Waals surface area (Å²) < 4.78 is 0. The van der Waals surface area contributed by atoms with Gasteiger partial charge in [0.05, 0.1) is 0 Å². The van der Waals surface area contributed by atoms with E-state index in [4.69, 9.17) is 10.8 Å². The minimum atomic E-state index is -0.962. The van der Waals surface area contributed by atoms with Crippen LogP contribution in [-0.2, 0) is 11.2 Å². The molecule has 0 radical (unpaired) electrons. The molecule has 1 aromatic carbocycles. The smallest absolute Gasteiger partial charge is 0.323 e. The molecule has 0 aromatic heterocycles. The van der Waals surface area contributed by atoms with Crippen LogP contribution in [0, 0.1) is 5.92 Å². The van der Waals surface area contributed by atoms with Crippen molar-refractivity contribution >= 4 is 5.97 Å². The molecule has 1 fully saturated rings. The van der Waals surface area contributed by atoms with E-state index in [0.29, 0.717) is 6.42 Å². The number of carboxylic acids is 1. The molecule has 1 unspecified atom stereocenters. The zero-order chi connectivity index (χ0) is 10.2. The van der Waals surface area contributed by atoms with Crippen molar-refractivity contribution in [1.82, 2.24) is 0 Å². The number of aliphatic carboxylic acids is 1. The molecule has 2 atom stereocenters. The third-order valence-electron chi connectivity index (χ3n) is 2.88. The van der Waals surface area contributed by atoms with Crippen LogP contribution in [0.1, 0.15) is 12.0 Å². The molecular weight excluding hydrogens is 178 g/mol. The Balaban J connectivity index is 2.00. The highest BCUT2D eigenvalue weighted by Crippen LogP contribution is 2.43. The summed E-state index contributed by atoms with van der Waals surface area (Å²) in [7, 11) is 0. The summed E-state index contributed by atoms with van der Waals surface area (Å²) in [4.78, 5) is 10.8. The van der Waals surface area contributed by atoms with E-state index >= 15 is 0 Å². The largest absolute Gasteiger partial charge is 0.480 e. The summed E-state index contributed by atoms with van der Waals surface area (Å²) in [6.45, 7) is 0. The molecule has 0 amide bonds. The van der Waals surface area contributed by atoms with Crippen LogP contribution in [0.3, 0.4) is 0 Å². The van der Waals surface area contributed by atoms with Crippen LogP contribution in [0.5, 0.6) is 0 Å². The number of nitrogens with two attached hydrogens (primary N) is 1. The van der Waals surface area contributed by atoms with Gasteiger partial charge in [-0.25, -0.2) is 0 Å². The Bertz CT molecular complexity index is 350. The number of carbonyl (C=O) groups is 1. The fourth-order valence-corrected chi connectivity index (χ4v) is 1.76. The second kappa shape index (κ2) is 3.10. The van der Waals surface area contributed by atoms with Gasteiger partial charge >= 0.3 is 5.97 Å². The van der Waals surface area contributed by atoms with Crippen molar-refractivity contribution in [2.75, 3.05) is 0 Å². The predicted molar refractivity (Wildman–Crippen MR) is 52.8 cm³/mol. The van der Waals surface area contributed by atoms with Crippen molar-refractivity contribution in [2.24, 2.45) is 11.7 Å². The fourth-order valence-electron chi connectivity index (χ4n) is 1.76. The second-order valence-corrected chi connectivity index (χ2v) is 3.94. The highest BCUT2D eigenvalue weighted by molar-refractivity contribution is 5.82. The van der Waals surface area contributed by atoms with Gasteiger partial charge in [-0.1, -0.05) is 30.3 Å². The van der Waals surface area contributed by atoms with E-state index in [1.807, 2.05) is 30.3 Å². The highest BCUT2D eigenvalue weighted by atomic mass is 16.4. The van der Waals surface area contributed by atoms with Crippen molar-refractivity contribution in [1.29, 1.82) is 0 Å². The van der Waals surface area contributed by atoms with Gasteiger partial charge in [0.15, 0.2) is 0 Å². The first-order chi connectivity index (χ1) is 6.63. The summed E-state index contributed by atoms with van der Waals surface area (Å²) in [6, 6.07) is 9.86. The molecule has 1 aliphatic carbocycles. The van der Waals surface area contributed by atoms with Crippen LogP contribution >= 0.6 is 0 Å². The van der Waals surface area contributed by atoms with Crippen molar-refractivity contribution in [2.45, 2.75) is 18.4 Å². The molecule has 14 heavy (non-hydrogen) atoms. The van der Waals surface area contributed by atoms with E-state index in [1.54, 1.807) is 0 Å². The third-order valence-corrected chi connectivity index (χ3v) is 2.88. The molecule has 3 heteroatoms. The zero-order valence-electron chi connectivity index (χ0n) is 7.81. The van der Waals surface area contributed by atoms with E-state index in [2.05, 4.69) is 0 Å². The van der Waals surface area contributed by atoms with E-state index in [-0.39, 0.29) is 5.92 Å². The Morgan fingerprint density at radius 2 is 2.14 bits per heavy atom. The molecule has 3 N–H and O–H groups in total. The summed E-state index contributed by atoms with van der Waals surface area (Å²) in [5.41, 5.74) is 5.88. The van der Waals surface area contributed by atoms with E-state index in [0.717, 1.165) is 12.0 Å². The number of benzene rings is 1. The van der Waals surface area contributed by atoms with Gasteiger partial charge < -0.3 is 10.8 Å². The number of carboxylic acid groups (broad SMARTS) is 1. The molecule has 0 saturated heterocycles. The maximum absolute atomic E-state index is 10.8. The molecule has 1 saturated carbocycles. The number of hydrogen-bond donors (Lipinski definition) is 2. The molecule has 0 aliphatic heterocycles. The molecule has 0 heterocycles. The summed E-state index contributed by atoms with van der Waals surface area (Å²) >= 11 is 0. The van der Waals surface area contributed by atoms with Crippen LogP contribution in [0.2, 0.25) is 0 Å². The van der Waals surface area contributed by atoms with Gasteiger partial charge in [0.25, 0.3) is 0 Å². The van der Waals surface area contributed by atoms with Crippen molar-refractivity contribution in [3.8, 4) is 0 Å². The SMILES string of the molecule is NC1(C(=O)O)C[C@@H]1Cc1ccccc1. The monoisotopic (exact) mass is 191 g/mol. The van der Waals surface area contributed by atoms with Crippen LogP contribution in [-0.4, -0.2) is 16.6 Å². The lowest BCUT2D eigenvalue weighted by Crippen LogP contribution is -2.35. The number of rotatable bonds is 3. The lowest BCUT2D eigenvalue weighted by molar-refractivity contribution is -0.140. The molecular formula is C11H13NO2. The summed E-state index contributed by atoms with van der Waals surface area (Å²) in [6.07, 6.45) is 1.36. The Hall–Kier alpha value is -1.35. The van der Waals surface area contributed by atoms with Gasteiger partial charge in [-0.3, -0.25) is 4.79 Å². The van der Waals surface area contributed by atoms with Gasteiger partial charge in [-0.05, 0) is 24.3 Å². The van der Waals surface area contributed by atoms with Gasteiger partial charge in [0.1, 0.15) is 5.54 Å². The first kappa shape index (κ1) is 9.21. The molecule has 2 rings (SSSR count). The standard InChI is InChI=1S/C11H13NO2/c12-11(10(13)14)7-9(11)6-8-4-2-1-3-5-8/h1-5,9H,6-7,12H2,(H,13,14)/t9-,11?/m0/s1. The molecule has 1 aromatic rings. The lowest BCUT2D eigenvalue weighted by Gasteiger charge is -2.04. The van der Waals surface area contributed by atoms with Gasteiger partial charge in [-0.2, -0.15) is 0 Å². The summed E-state index contributed by atoms with van der Waals surface area (Å²) in [5, 5.41) is 8.84. The average Bonchev–Trinajstić information content (AvgIpc) is 2.80. The highest BCUT2D eigenvalue weighted by Gasteiger charge is 2.57. The van der Waals surface area contributed by atoms with E-state index < -0.39 is 11.5 Å². The minimum Gasteiger partial charge on any atom is -0.480 e. The summed E-state index contributed by atoms with van der Waals surface area (Å²) in [5.74, 6) is -0.777. The predicted octanol–water partition coefficient (Wildman–Crippen LogP) is 1.03. The quantitative estimate of drug-likeness (QED) is 0.750. The first-order valence-electron chi connectivity index (χ1n) is 4.69. The Morgan fingerprint density at radius 3 is 2.64 bits per heavy atom. The Kier molecular flexibility index (Phi) is 2.04.